The lowest BCUT2D eigenvalue weighted by molar-refractivity contribution is -0.122. The Balaban J connectivity index is 2.02. The molecule has 0 aliphatic carbocycles. The van der Waals surface area contributed by atoms with Crippen LogP contribution in [0.3, 0.4) is 0 Å². The number of nitrogens with two attached hydrogens (primary N) is 1. The van der Waals surface area contributed by atoms with Crippen molar-refractivity contribution in [3.05, 3.63) is 54.3 Å². The number of benzene rings is 2. The molecule has 0 heterocycles. The second-order valence-corrected chi connectivity index (χ2v) is 4.30. The van der Waals surface area contributed by atoms with Crippen molar-refractivity contribution in [2.45, 2.75) is 13.0 Å². The Kier molecular flexibility index (Phi) is 4.20. The van der Waals surface area contributed by atoms with Crippen molar-refractivity contribution in [1.82, 2.24) is 0 Å². The summed E-state index contributed by atoms with van der Waals surface area (Å²) in [6.45, 7) is 1.59. The quantitative estimate of drug-likeness (QED) is 0.843. The highest BCUT2D eigenvalue weighted by Gasteiger charge is 2.16. The first-order valence-electron chi connectivity index (χ1n) is 6.14. The first-order chi connectivity index (χ1) is 9.56. The molecule has 0 aliphatic heterocycles. The zero-order valence-corrected chi connectivity index (χ0v) is 11.0. The van der Waals surface area contributed by atoms with Gasteiger partial charge in [-0.1, -0.05) is 18.2 Å². The maximum absolute atomic E-state index is 13.5. The van der Waals surface area contributed by atoms with Crippen molar-refractivity contribution >= 4 is 17.3 Å². The van der Waals surface area contributed by atoms with Crippen molar-refractivity contribution in [3.63, 3.8) is 0 Å². The number of carbonyl (C=O) groups excluding carboxylic acids is 1. The van der Waals surface area contributed by atoms with E-state index in [2.05, 4.69) is 5.32 Å². The first kappa shape index (κ1) is 13.9. The zero-order chi connectivity index (χ0) is 14.5. The van der Waals surface area contributed by atoms with Crippen molar-refractivity contribution in [1.29, 1.82) is 0 Å². The lowest BCUT2D eigenvalue weighted by Crippen LogP contribution is -2.30. The van der Waals surface area contributed by atoms with Gasteiger partial charge in [0, 0.05) is 5.69 Å². The van der Waals surface area contributed by atoms with Gasteiger partial charge in [-0.25, -0.2) is 4.39 Å². The highest BCUT2D eigenvalue weighted by molar-refractivity contribution is 5.94. The first-order valence-corrected chi connectivity index (χ1v) is 6.14. The molecule has 0 spiro atoms. The molecule has 4 nitrogen and oxygen atoms in total. The molecular weight excluding hydrogens is 259 g/mol. The Morgan fingerprint density at radius 1 is 1.25 bits per heavy atom. The molecule has 0 aliphatic rings. The van der Waals surface area contributed by atoms with Gasteiger partial charge in [0.1, 0.15) is 11.6 Å². The molecule has 0 radical (unpaired) electrons. The molecule has 2 aromatic carbocycles. The van der Waals surface area contributed by atoms with Gasteiger partial charge in [-0.2, -0.15) is 0 Å². The molecule has 20 heavy (non-hydrogen) atoms. The lowest BCUT2D eigenvalue weighted by atomic mass is 10.2. The number of anilines is 2. The summed E-state index contributed by atoms with van der Waals surface area (Å²) < 4.78 is 19.0. The van der Waals surface area contributed by atoms with Gasteiger partial charge >= 0.3 is 0 Å². The third kappa shape index (κ3) is 3.47. The van der Waals surface area contributed by atoms with Crippen LogP contribution in [0.4, 0.5) is 15.8 Å². The van der Waals surface area contributed by atoms with Crippen LogP contribution in [0, 0.1) is 5.82 Å². The SMILES string of the molecule is C[C@@H](Oc1ccccc1)C(=O)Nc1cc(N)ccc1F. The number of nitrogens with one attached hydrogen (secondary N) is 1. The molecule has 0 fully saturated rings. The molecule has 0 saturated carbocycles. The van der Waals surface area contributed by atoms with E-state index in [1.807, 2.05) is 6.07 Å². The highest BCUT2D eigenvalue weighted by Crippen LogP contribution is 2.18. The zero-order valence-electron chi connectivity index (χ0n) is 11.0. The normalized spacial score (nSPS) is 11.7. The maximum atomic E-state index is 13.5. The summed E-state index contributed by atoms with van der Waals surface area (Å²) in [5.41, 5.74) is 5.97. The van der Waals surface area contributed by atoms with E-state index in [-0.39, 0.29) is 5.69 Å². The summed E-state index contributed by atoms with van der Waals surface area (Å²) in [5, 5.41) is 2.45. The number of nitrogen functional groups attached to an aromatic ring is 1. The minimum atomic E-state index is -0.752. The van der Waals surface area contributed by atoms with E-state index < -0.39 is 17.8 Å². The van der Waals surface area contributed by atoms with Gasteiger partial charge in [0.05, 0.1) is 5.69 Å². The predicted octanol–water partition coefficient (Wildman–Crippen LogP) is 2.81. The van der Waals surface area contributed by atoms with Gasteiger partial charge in [-0.05, 0) is 37.3 Å². The van der Waals surface area contributed by atoms with Crippen LogP contribution in [0.2, 0.25) is 0 Å². The van der Waals surface area contributed by atoms with E-state index in [0.717, 1.165) is 0 Å². The van der Waals surface area contributed by atoms with Crippen molar-refractivity contribution in [2.24, 2.45) is 0 Å². The van der Waals surface area contributed by atoms with E-state index in [0.29, 0.717) is 11.4 Å². The summed E-state index contributed by atoms with van der Waals surface area (Å²) in [5.74, 6) is -0.416. The van der Waals surface area contributed by atoms with Gasteiger partial charge in [0.25, 0.3) is 5.91 Å². The molecule has 5 heteroatoms. The molecule has 2 aromatic rings. The van der Waals surface area contributed by atoms with Gasteiger partial charge in [-0.15, -0.1) is 0 Å². The van der Waals surface area contributed by atoms with Gasteiger partial charge in [-0.3, -0.25) is 4.79 Å². The second kappa shape index (κ2) is 6.06. The van der Waals surface area contributed by atoms with E-state index in [4.69, 9.17) is 10.5 Å². The van der Waals surface area contributed by atoms with E-state index >= 15 is 0 Å². The molecular formula is C15H15FN2O2. The molecule has 2 rings (SSSR count). The lowest BCUT2D eigenvalue weighted by Gasteiger charge is -2.15. The molecule has 1 atom stereocenters. The van der Waals surface area contributed by atoms with E-state index in [1.54, 1.807) is 31.2 Å². The van der Waals surface area contributed by atoms with Crippen LogP contribution in [0.5, 0.6) is 5.75 Å². The number of rotatable bonds is 4. The fraction of sp³-hybridized carbons (Fsp3) is 0.133. The average molecular weight is 274 g/mol. The summed E-state index contributed by atoms with van der Waals surface area (Å²) in [4.78, 5) is 11.9. The molecule has 1 amide bonds. The van der Waals surface area contributed by atoms with Crippen LogP contribution in [-0.2, 0) is 4.79 Å². The fourth-order valence-electron chi connectivity index (χ4n) is 1.63. The third-order valence-corrected chi connectivity index (χ3v) is 2.67. The Morgan fingerprint density at radius 2 is 1.95 bits per heavy atom. The molecule has 104 valence electrons. The Morgan fingerprint density at radius 3 is 2.65 bits per heavy atom. The average Bonchev–Trinajstić information content (AvgIpc) is 2.44. The Labute approximate surface area is 116 Å². The molecule has 0 unspecified atom stereocenters. The standard InChI is InChI=1S/C15H15FN2O2/c1-10(20-12-5-3-2-4-6-12)15(19)18-14-9-11(17)7-8-13(14)16/h2-10H,17H2,1H3,(H,18,19)/t10-/m1/s1. The number of carbonyl (C=O) groups is 1. The van der Waals surface area contributed by atoms with E-state index in [1.165, 1.54) is 18.2 Å². The van der Waals surface area contributed by atoms with E-state index in [9.17, 15) is 9.18 Å². The molecule has 0 bridgehead atoms. The van der Waals surface area contributed by atoms with Crippen molar-refractivity contribution in [3.8, 4) is 5.75 Å². The minimum absolute atomic E-state index is 0.0403. The number of hydrogen-bond donors (Lipinski definition) is 2. The summed E-state index contributed by atoms with van der Waals surface area (Å²) in [7, 11) is 0. The third-order valence-electron chi connectivity index (χ3n) is 2.67. The van der Waals surface area contributed by atoms with Gasteiger partial charge < -0.3 is 15.8 Å². The molecule has 3 N–H and O–H groups in total. The largest absolute Gasteiger partial charge is 0.481 e. The van der Waals surface area contributed by atoms with Crippen LogP contribution >= 0.6 is 0 Å². The number of hydrogen-bond acceptors (Lipinski definition) is 3. The van der Waals surface area contributed by atoms with Crippen LogP contribution in [0.15, 0.2) is 48.5 Å². The van der Waals surface area contributed by atoms with Crippen LogP contribution in [0.1, 0.15) is 6.92 Å². The number of ether oxygens (including phenoxy) is 1. The van der Waals surface area contributed by atoms with Crippen LogP contribution < -0.4 is 15.8 Å². The van der Waals surface area contributed by atoms with Gasteiger partial charge in [0.15, 0.2) is 6.10 Å². The number of para-hydroxylation sites is 1. The smallest absolute Gasteiger partial charge is 0.265 e. The summed E-state index contributed by atoms with van der Waals surface area (Å²) in [6, 6.07) is 12.9. The highest BCUT2D eigenvalue weighted by atomic mass is 19.1. The fourth-order valence-corrected chi connectivity index (χ4v) is 1.63. The van der Waals surface area contributed by atoms with Crippen molar-refractivity contribution < 1.29 is 13.9 Å². The molecule has 0 saturated heterocycles. The Hall–Kier alpha value is -2.56. The predicted molar refractivity (Wildman–Crippen MR) is 76.0 cm³/mol. The maximum Gasteiger partial charge on any atom is 0.265 e. The number of amides is 1. The van der Waals surface area contributed by atoms with Crippen molar-refractivity contribution in [2.75, 3.05) is 11.1 Å². The summed E-state index contributed by atoms with van der Waals surface area (Å²) in [6.07, 6.45) is -0.752. The topological polar surface area (TPSA) is 64.3 Å². The number of halogens is 1. The van der Waals surface area contributed by atoms with Gasteiger partial charge in [0.2, 0.25) is 0 Å². The Bertz CT molecular complexity index is 602. The minimum Gasteiger partial charge on any atom is -0.481 e. The monoisotopic (exact) mass is 274 g/mol. The van der Waals surface area contributed by atoms with Crippen LogP contribution in [0.25, 0.3) is 0 Å². The van der Waals surface area contributed by atoms with Crippen LogP contribution in [-0.4, -0.2) is 12.0 Å². The second-order valence-electron chi connectivity index (χ2n) is 4.30. The molecule has 0 aromatic heterocycles. The summed E-state index contributed by atoms with van der Waals surface area (Å²) >= 11 is 0.